The summed E-state index contributed by atoms with van der Waals surface area (Å²) < 4.78 is 0. The molecule has 1 heterocycles. The zero-order chi connectivity index (χ0) is 18.4. The zero-order valence-electron chi connectivity index (χ0n) is 15.2. The molecule has 0 bridgehead atoms. The zero-order valence-corrected chi connectivity index (χ0v) is 15.2. The lowest BCUT2D eigenvalue weighted by atomic mass is 10.0. The van der Waals surface area contributed by atoms with E-state index in [0.29, 0.717) is 29.6 Å². The lowest BCUT2D eigenvalue weighted by molar-refractivity contribution is 0.0949. The molecule has 132 valence electrons. The number of carbonyl (C=O) groups is 2. The molecule has 5 heteroatoms. The first-order valence-corrected chi connectivity index (χ1v) is 8.52. The Bertz CT molecular complexity index is 737. The van der Waals surface area contributed by atoms with Gasteiger partial charge in [0.15, 0.2) is 0 Å². The van der Waals surface area contributed by atoms with Crippen LogP contribution in [0.4, 0.5) is 5.69 Å². The summed E-state index contributed by atoms with van der Waals surface area (Å²) in [6.07, 6.45) is 1.47. The average Bonchev–Trinajstić information content (AvgIpc) is 2.60. The third-order valence-electron chi connectivity index (χ3n) is 3.76. The van der Waals surface area contributed by atoms with Crippen molar-refractivity contribution < 1.29 is 9.59 Å². The molecule has 25 heavy (non-hydrogen) atoms. The molecule has 1 aromatic carbocycles. The number of hydrogen-bond donors (Lipinski definition) is 2. The topological polar surface area (TPSA) is 71.1 Å². The smallest absolute Gasteiger partial charge is 0.274 e. The second-order valence-corrected chi connectivity index (χ2v) is 6.76. The number of benzene rings is 1. The fourth-order valence-corrected chi connectivity index (χ4v) is 2.24. The van der Waals surface area contributed by atoms with Crippen LogP contribution in [0, 0.1) is 5.92 Å². The molecule has 0 radical (unpaired) electrons. The number of rotatable bonds is 6. The molecular weight excluding hydrogens is 314 g/mol. The van der Waals surface area contributed by atoms with Gasteiger partial charge in [-0.05, 0) is 41.7 Å². The predicted octanol–water partition coefficient (Wildman–Crippen LogP) is 3.84. The summed E-state index contributed by atoms with van der Waals surface area (Å²) in [4.78, 5) is 28.5. The largest absolute Gasteiger partial charge is 0.352 e. The molecule has 0 saturated carbocycles. The van der Waals surface area contributed by atoms with Crippen LogP contribution < -0.4 is 10.6 Å². The maximum atomic E-state index is 12.4. The van der Waals surface area contributed by atoms with E-state index in [-0.39, 0.29) is 17.5 Å². The van der Waals surface area contributed by atoms with E-state index < -0.39 is 0 Å². The summed E-state index contributed by atoms with van der Waals surface area (Å²) >= 11 is 0. The first kappa shape index (κ1) is 18.6. The molecule has 1 aromatic heterocycles. The average molecular weight is 339 g/mol. The van der Waals surface area contributed by atoms with E-state index in [1.54, 1.807) is 6.07 Å². The molecule has 0 atom stereocenters. The van der Waals surface area contributed by atoms with Crippen molar-refractivity contribution in [3.05, 3.63) is 59.4 Å². The van der Waals surface area contributed by atoms with E-state index in [9.17, 15) is 9.59 Å². The second-order valence-electron chi connectivity index (χ2n) is 6.76. The van der Waals surface area contributed by atoms with Gasteiger partial charge < -0.3 is 10.6 Å². The van der Waals surface area contributed by atoms with Crippen LogP contribution in [0.15, 0.2) is 42.6 Å². The van der Waals surface area contributed by atoms with Crippen LogP contribution >= 0.6 is 0 Å². The molecule has 2 rings (SSSR count). The molecule has 0 aliphatic heterocycles. The maximum Gasteiger partial charge on any atom is 0.274 e. The van der Waals surface area contributed by atoms with Crippen LogP contribution in [-0.2, 0) is 0 Å². The van der Waals surface area contributed by atoms with Crippen molar-refractivity contribution in [2.45, 2.75) is 33.6 Å². The van der Waals surface area contributed by atoms with E-state index in [0.717, 1.165) is 0 Å². The molecule has 0 fully saturated rings. The van der Waals surface area contributed by atoms with Gasteiger partial charge in [0.05, 0.1) is 0 Å². The molecular formula is C20H25N3O2. The number of nitrogens with zero attached hydrogens (tertiary/aromatic N) is 1. The van der Waals surface area contributed by atoms with Crippen LogP contribution in [0.3, 0.4) is 0 Å². The lowest BCUT2D eigenvalue weighted by Gasteiger charge is -2.10. The Hall–Kier alpha value is -2.69. The molecule has 0 aliphatic carbocycles. The normalized spacial score (nSPS) is 10.8. The fraction of sp³-hybridized carbons (Fsp3) is 0.350. The fourth-order valence-electron chi connectivity index (χ4n) is 2.24. The van der Waals surface area contributed by atoms with Gasteiger partial charge in [0.2, 0.25) is 0 Å². The Balaban J connectivity index is 2.06. The number of anilines is 1. The lowest BCUT2D eigenvalue weighted by Crippen LogP contribution is -2.27. The van der Waals surface area contributed by atoms with Crippen molar-refractivity contribution in [3.63, 3.8) is 0 Å². The van der Waals surface area contributed by atoms with Gasteiger partial charge in [0, 0.05) is 24.0 Å². The Morgan fingerprint density at radius 1 is 1.00 bits per heavy atom. The van der Waals surface area contributed by atoms with E-state index in [1.807, 2.05) is 38.1 Å². The van der Waals surface area contributed by atoms with E-state index in [1.165, 1.54) is 17.8 Å². The summed E-state index contributed by atoms with van der Waals surface area (Å²) in [5.74, 6) is 0.261. The molecule has 2 aromatic rings. The van der Waals surface area contributed by atoms with Crippen molar-refractivity contribution in [1.29, 1.82) is 0 Å². The van der Waals surface area contributed by atoms with Gasteiger partial charge in [-0.3, -0.25) is 14.6 Å². The quantitative estimate of drug-likeness (QED) is 0.840. The van der Waals surface area contributed by atoms with E-state index in [4.69, 9.17) is 0 Å². The van der Waals surface area contributed by atoms with Gasteiger partial charge in [-0.2, -0.15) is 0 Å². The van der Waals surface area contributed by atoms with E-state index in [2.05, 4.69) is 29.5 Å². The summed E-state index contributed by atoms with van der Waals surface area (Å²) in [6, 6.07) is 10.8. The standard InChI is InChI=1S/C20H25N3O2/c1-13(2)12-22-19(24)16-9-10-21-18(11-16)20(25)23-17-7-5-15(6-8-17)14(3)4/h5-11,13-14H,12H2,1-4H3,(H,22,24)(H,23,25). The highest BCUT2D eigenvalue weighted by atomic mass is 16.2. The van der Waals surface area contributed by atoms with Crippen LogP contribution in [0.2, 0.25) is 0 Å². The van der Waals surface area contributed by atoms with Crippen LogP contribution in [0.1, 0.15) is 60.0 Å². The Morgan fingerprint density at radius 2 is 1.68 bits per heavy atom. The number of amides is 2. The van der Waals surface area contributed by atoms with E-state index >= 15 is 0 Å². The van der Waals surface area contributed by atoms with Crippen molar-refractivity contribution in [3.8, 4) is 0 Å². The summed E-state index contributed by atoms with van der Waals surface area (Å²) in [5.41, 5.74) is 2.55. The molecule has 2 amide bonds. The Labute approximate surface area is 148 Å². The van der Waals surface area contributed by atoms with Crippen LogP contribution in [-0.4, -0.2) is 23.3 Å². The van der Waals surface area contributed by atoms with Crippen LogP contribution in [0.5, 0.6) is 0 Å². The molecule has 5 nitrogen and oxygen atoms in total. The number of pyridine rings is 1. The van der Waals surface area contributed by atoms with Crippen molar-refractivity contribution in [2.24, 2.45) is 5.92 Å². The SMILES string of the molecule is CC(C)CNC(=O)c1ccnc(C(=O)Nc2ccc(C(C)C)cc2)c1. The minimum absolute atomic E-state index is 0.202. The molecule has 0 saturated heterocycles. The summed E-state index contributed by atoms with van der Waals surface area (Å²) in [7, 11) is 0. The highest BCUT2D eigenvalue weighted by Gasteiger charge is 2.12. The monoisotopic (exact) mass is 339 g/mol. The van der Waals surface area contributed by atoms with Gasteiger partial charge in [0.1, 0.15) is 5.69 Å². The molecule has 0 unspecified atom stereocenters. The number of nitrogens with one attached hydrogen (secondary N) is 2. The maximum absolute atomic E-state index is 12.4. The number of aromatic nitrogens is 1. The minimum Gasteiger partial charge on any atom is -0.352 e. The number of carbonyl (C=O) groups excluding carboxylic acids is 2. The predicted molar refractivity (Wildman–Crippen MR) is 99.9 cm³/mol. The highest BCUT2D eigenvalue weighted by molar-refractivity contribution is 6.04. The van der Waals surface area contributed by atoms with Crippen molar-refractivity contribution in [2.75, 3.05) is 11.9 Å². The second kappa shape index (κ2) is 8.42. The first-order chi connectivity index (χ1) is 11.9. The van der Waals surface area contributed by atoms with Crippen LogP contribution in [0.25, 0.3) is 0 Å². The number of hydrogen-bond acceptors (Lipinski definition) is 3. The third-order valence-corrected chi connectivity index (χ3v) is 3.76. The molecule has 0 aliphatic rings. The van der Waals surface area contributed by atoms with Gasteiger partial charge in [-0.1, -0.05) is 39.8 Å². The highest BCUT2D eigenvalue weighted by Crippen LogP contribution is 2.17. The van der Waals surface area contributed by atoms with Gasteiger partial charge in [0.25, 0.3) is 11.8 Å². The Kier molecular flexibility index (Phi) is 6.28. The Morgan fingerprint density at radius 3 is 2.28 bits per heavy atom. The third kappa shape index (κ3) is 5.41. The summed E-state index contributed by atoms with van der Waals surface area (Å²) in [5, 5.41) is 5.64. The minimum atomic E-state index is -0.337. The molecule has 0 spiro atoms. The van der Waals surface area contributed by atoms with Crippen molar-refractivity contribution >= 4 is 17.5 Å². The molecule has 2 N–H and O–H groups in total. The van der Waals surface area contributed by atoms with Gasteiger partial charge in [-0.25, -0.2) is 0 Å². The van der Waals surface area contributed by atoms with Gasteiger partial charge >= 0.3 is 0 Å². The first-order valence-electron chi connectivity index (χ1n) is 8.52. The van der Waals surface area contributed by atoms with Crippen molar-refractivity contribution in [1.82, 2.24) is 10.3 Å². The van der Waals surface area contributed by atoms with Gasteiger partial charge in [-0.15, -0.1) is 0 Å². The summed E-state index contributed by atoms with van der Waals surface area (Å²) in [6.45, 7) is 8.87.